The fraction of sp³-hybridized carbons (Fsp3) is 0.167. The third kappa shape index (κ3) is 3.00. The van der Waals surface area contributed by atoms with E-state index in [1.807, 2.05) is 0 Å². The lowest BCUT2D eigenvalue weighted by Crippen LogP contribution is -2.07. The van der Waals surface area contributed by atoms with Gasteiger partial charge in [0.05, 0.1) is 18.3 Å². The van der Waals surface area contributed by atoms with Crippen LogP contribution in [0.1, 0.15) is 15.9 Å². The number of carbonyl (C=O) groups is 1. The molecule has 19 heavy (non-hydrogen) atoms. The lowest BCUT2D eigenvalue weighted by molar-refractivity contribution is 0.0695. The van der Waals surface area contributed by atoms with E-state index in [0.29, 0.717) is 5.56 Å². The average molecular weight is 280 g/mol. The molecule has 6 nitrogen and oxygen atoms in total. The van der Waals surface area contributed by atoms with Crippen molar-refractivity contribution in [1.29, 1.82) is 0 Å². The van der Waals surface area contributed by atoms with Crippen molar-refractivity contribution in [3.63, 3.8) is 0 Å². The summed E-state index contributed by atoms with van der Waals surface area (Å²) in [6.45, 7) is 0.206. The quantitative estimate of drug-likeness (QED) is 0.903. The molecule has 0 aliphatic rings. The number of carboxylic acid groups (broad SMARTS) is 1. The first kappa shape index (κ1) is 13.3. The number of aromatic nitrogens is 2. The van der Waals surface area contributed by atoms with E-state index in [1.165, 1.54) is 23.1 Å². The van der Waals surface area contributed by atoms with Crippen molar-refractivity contribution in [1.82, 2.24) is 9.78 Å². The Labute approximate surface area is 110 Å². The fourth-order valence-corrected chi connectivity index (χ4v) is 2.22. The minimum Gasteiger partial charge on any atom is -0.478 e. The molecule has 1 aromatic heterocycles. The van der Waals surface area contributed by atoms with Gasteiger partial charge in [0.25, 0.3) is 0 Å². The molecule has 0 spiro atoms. The lowest BCUT2D eigenvalue weighted by Gasteiger charge is -2.05. The molecule has 2 aromatic rings. The van der Waals surface area contributed by atoms with Crippen molar-refractivity contribution in [2.45, 2.75) is 11.4 Å². The van der Waals surface area contributed by atoms with Gasteiger partial charge < -0.3 is 5.11 Å². The van der Waals surface area contributed by atoms with Crippen molar-refractivity contribution in [2.75, 3.05) is 6.26 Å². The highest BCUT2D eigenvalue weighted by Gasteiger charge is 2.12. The summed E-state index contributed by atoms with van der Waals surface area (Å²) in [5, 5.41) is 13.0. The van der Waals surface area contributed by atoms with Gasteiger partial charge in [0.1, 0.15) is 4.90 Å². The zero-order valence-electron chi connectivity index (χ0n) is 10.1. The van der Waals surface area contributed by atoms with Crippen molar-refractivity contribution in [3.8, 4) is 0 Å². The maximum absolute atomic E-state index is 11.3. The predicted molar refractivity (Wildman–Crippen MR) is 67.8 cm³/mol. The van der Waals surface area contributed by atoms with Crippen LogP contribution in [0, 0.1) is 0 Å². The molecule has 0 aliphatic carbocycles. The van der Waals surface area contributed by atoms with E-state index in [2.05, 4.69) is 5.10 Å². The summed E-state index contributed by atoms with van der Waals surface area (Å²) in [7, 11) is -3.30. The topological polar surface area (TPSA) is 89.3 Å². The SMILES string of the molecule is CS(=O)(=O)c1cnn(Cc2ccccc2C(=O)O)c1. The number of carboxylic acids is 1. The van der Waals surface area contributed by atoms with E-state index in [9.17, 15) is 13.2 Å². The Morgan fingerprint density at radius 1 is 1.37 bits per heavy atom. The number of hydrogen-bond acceptors (Lipinski definition) is 4. The monoisotopic (exact) mass is 280 g/mol. The molecule has 0 bridgehead atoms. The van der Waals surface area contributed by atoms with E-state index >= 15 is 0 Å². The van der Waals surface area contributed by atoms with Crippen LogP contribution in [0.25, 0.3) is 0 Å². The second-order valence-electron chi connectivity index (χ2n) is 4.11. The summed E-state index contributed by atoms with van der Waals surface area (Å²) in [6.07, 6.45) is 3.73. The molecule has 0 unspecified atom stereocenters. The van der Waals surface area contributed by atoms with Crippen LogP contribution in [0.5, 0.6) is 0 Å². The van der Waals surface area contributed by atoms with Gasteiger partial charge in [-0.15, -0.1) is 0 Å². The molecule has 0 aliphatic heterocycles. The number of hydrogen-bond donors (Lipinski definition) is 1. The first-order chi connectivity index (χ1) is 8.88. The maximum Gasteiger partial charge on any atom is 0.336 e. The fourth-order valence-electron chi connectivity index (χ4n) is 1.66. The second kappa shape index (κ2) is 4.85. The number of nitrogens with zero attached hydrogens (tertiary/aromatic N) is 2. The normalized spacial score (nSPS) is 11.4. The summed E-state index contributed by atoms with van der Waals surface area (Å²) >= 11 is 0. The highest BCUT2D eigenvalue weighted by Crippen LogP contribution is 2.12. The lowest BCUT2D eigenvalue weighted by atomic mass is 10.1. The van der Waals surface area contributed by atoms with Gasteiger partial charge >= 0.3 is 5.97 Å². The molecule has 0 amide bonds. The third-order valence-corrected chi connectivity index (χ3v) is 3.68. The van der Waals surface area contributed by atoms with Crippen LogP contribution in [0.4, 0.5) is 0 Å². The molecule has 1 heterocycles. The number of rotatable bonds is 4. The van der Waals surface area contributed by atoms with E-state index in [1.54, 1.807) is 18.2 Å². The Kier molecular flexibility index (Phi) is 3.39. The van der Waals surface area contributed by atoms with E-state index < -0.39 is 15.8 Å². The standard InChI is InChI=1S/C12H12N2O4S/c1-19(17,18)10-6-13-14(8-10)7-9-4-2-3-5-11(9)12(15)16/h2-6,8H,7H2,1H3,(H,15,16). The van der Waals surface area contributed by atoms with Gasteiger partial charge in [-0.3, -0.25) is 4.68 Å². The van der Waals surface area contributed by atoms with Gasteiger partial charge in [-0.05, 0) is 11.6 Å². The molecule has 2 rings (SSSR count). The van der Waals surface area contributed by atoms with Crippen LogP contribution in [0.3, 0.4) is 0 Å². The minimum absolute atomic E-state index is 0.111. The number of benzene rings is 1. The summed E-state index contributed by atoms with van der Waals surface area (Å²) < 4.78 is 24.1. The average Bonchev–Trinajstić information content (AvgIpc) is 2.77. The zero-order valence-corrected chi connectivity index (χ0v) is 11.0. The summed E-state index contributed by atoms with van der Waals surface area (Å²) in [5.74, 6) is -1.02. The Morgan fingerprint density at radius 3 is 2.63 bits per heavy atom. The summed E-state index contributed by atoms with van der Waals surface area (Å²) in [6, 6.07) is 6.53. The molecule has 0 saturated carbocycles. The number of aromatic carboxylic acids is 1. The van der Waals surface area contributed by atoms with Crippen molar-refractivity contribution < 1.29 is 18.3 Å². The highest BCUT2D eigenvalue weighted by atomic mass is 32.2. The molecular formula is C12H12N2O4S. The van der Waals surface area contributed by atoms with Crippen molar-refractivity contribution >= 4 is 15.8 Å². The highest BCUT2D eigenvalue weighted by molar-refractivity contribution is 7.90. The van der Waals surface area contributed by atoms with Gasteiger partial charge in [-0.25, -0.2) is 13.2 Å². The van der Waals surface area contributed by atoms with E-state index in [-0.39, 0.29) is 17.0 Å². The predicted octanol–water partition coefficient (Wildman–Crippen LogP) is 1.03. The molecule has 1 aromatic carbocycles. The molecule has 1 N–H and O–H groups in total. The van der Waals surface area contributed by atoms with Crippen molar-refractivity contribution in [3.05, 3.63) is 47.8 Å². The molecule has 0 saturated heterocycles. The van der Waals surface area contributed by atoms with Crippen LogP contribution in [0.2, 0.25) is 0 Å². The Balaban J connectivity index is 2.32. The molecule has 0 radical (unpaired) electrons. The van der Waals surface area contributed by atoms with Gasteiger partial charge in [-0.1, -0.05) is 18.2 Å². The molecule has 7 heteroatoms. The van der Waals surface area contributed by atoms with Crippen LogP contribution >= 0.6 is 0 Å². The molecule has 100 valence electrons. The largest absolute Gasteiger partial charge is 0.478 e. The van der Waals surface area contributed by atoms with E-state index in [4.69, 9.17) is 5.11 Å². The summed E-state index contributed by atoms with van der Waals surface area (Å²) in [5.41, 5.74) is 0.747. The van der Waals surface area contributed by atoms with Crippen LogP contribution in [-0.2, 0) is 16.4 Å². The molecule has 0 fully saturated rings. The van der Waals surface area contributed by atoms with Gasteiger partial charge in [0.2, 0.25) is 0 Å². The summed E-state index contributed by atoms with van der Waals surface area (Å²) in [4.78, 5) is 11.2. The van der Waals surface area contributed by atoms with Crippen LogP contribution in [-0.4, -0.2) is 35.5 Å². The van der Waals surface area contributed by atoms with E-state index in [0.717, 1.165) is 6.26 Å². The molecule has 0 atom stereocenters. The molecular weight excluding hydrogens is 268 g/mol. The van der Waals surface area contributed by atoms with Gasteiger partial charge in [-0.2, -0.15) is 5.10 Å². The minimum atomic E-state index is -3.30. The smallest absolute Gasteiger partial charge is 0.336 e. The van der Waals surface area contributed by atoms with Crippen molar-refractivity contribution in [2.24, 2.45) is 0 Å². The van der Waals surface area contributed by atoms with Crippen LogP contribution < -0.4 is 0 Å². The zero-order chi connectivity index (χ0) is 14.0. The Bertz CT molecular complexity index is 719. The van der Waals surface area contributed by atoms with Gasteiger partial charge in [0.15, 0.2) is 9.84 Å². The van der Waals surface area contributed by atoms with Crippen LogP contribution in [0.15, 0.2) is 41.6 Å². The maximum atomic E-state index is 11.3. The second-order valence-corrected chi connectivity index (χ2v) is 6.12. The number of sulfone groups is 1. The Hall–Kier alpha value is -2.15. The third-order valence-electron chi connectivity index (χ3n) is 2.62. The first-order valence-electron chi connectivity index (χ1n) is 5.41. The van der Waals surface area contributed by atoms with Gasteiger partial charge in [0, 0.05) is 12.5 Å². The Morgan fingerprint density at radius 2 is 2.05 bits per heavy atom. The first-order valence-corrected chi connectivity index (χ1v) is 7.31.